The Morgan fingerprint density at radius 3 is 2.38 bits per heavy atom. The third-order valence-electron chi connectivity index (χ3n) is 4.05. The zero-order chi connectivity index (χ0) is 16.0. The predicted molar refractivity (Wildman–Crippen MR) is 84.8 cm³/mol. The number of hydrogen-bond acceptors (Lipinski definition) is 2. The second kappa shape index (κ2) is 7.81. The second-order valence-corrected chi connectivity index (χ2v) is 5.79. The van der Waals surface area contributed by atoms with Gasteiger partial charge in [0.15, 0.2) is 0 Å². The summed E-state index contributed by atoms with van der Waals surface area (Å²) in [5.41, 5.74) is 7.71. The molecule has 0 saturated carbocycles. The van der Waals surface area contributed by atoms with Crippen molar-refractivity contribution in [2.75, 3.05) is 0 Å². The summed E-state index contributed by atoms with van der Waals surface area (Å²) in [6, 6.07) is 7.44. The van der Waals surface area contributed by atoms with Crippen molar-refractivity contribution in [3.05, 3.63) is 35.4 Å². The lowest BCUT2D eigenvalue weighted by molar-refractivity contribution is -0.128. The molecule has 0 aliphatic heterocycles. The van der Waals surface area contributed by atoms with Gasteiger partial charge in [-0.3, -0.25) is 9.59 Å². The van der Waals surface area contributed by atoms with Crippen molar-refractivity contribution in [3.8, 4) is 0 Å². The molecule has 2 amide bonds. The summed E-state index contributed by atoms with van der Waals surface area (Å²) >= 11 is 0. The Hall–Kier alpha value is -1.84. The Kier molecular flexibility index (Phi) is 6.40. The molecule has 0 saturated heterocycles. The van der Waals surface area contributed by atoms with Crippen molar-refractivity contribution in [2.24, 2.45) is 11.7 Å². The van der Waals surface area contributed by atoms with Crippen molar-refractivity contribution in [3.63, 3.8) is 0 Å². The number of carbonyl (C=O) groups is 2. The first-order valence-electron chi connectivity index (χ1n) is 7.51. The molecule has 1 aromatic rings. The van der Waals surface area contributed by atoms with E-state index in [-0.39, 0.29) is 17.7 Å². The maximum Gasteiger partial charge on any atom is 0.240 e. The molecule has 21 heavy (non-hydrogen) atoms. The van der Waals surface area contributed by atoms with Crippen LogP contribution >= 0.6 is 0 Å². The summed E-state index contributed by atoms with van der Waals surface area (Å²) in [4.78, 5) is 23.6. The van der Waals surface area contributed by atoms with E-state index in [9.17, 15) is 9.59 Å². The normalized spacial score (nSPS) is 15.0. The van der Waals surface area contributed by atoms with Gasteiger partial charge < -0.3 is 11.1 Å². The van der Waals surface area contributed by atoms with Gasteiger partial charge in [-0.1, -0.05) is 51.5 Å². The summed E-state index contributed by atoms with van der Waals surface area (Å²) in [7, 11) is 0. The van der Waals surface area contributed by atoms with Gasteiger partial charge in [-0.25, -0.2) is 0 Å². The van der Waals surface area contributed by atoms with Gasteiger partial charge in [0.1, 0.15) is 6.04 Å². The predicted octanol–water partition coefficient (Wildman–Crippen LogP) is 2.50. The molecule has 0 radical (unpaired) electrons. The molecule has 0 spiro atoms. The largest absolute Gasteiger partial charge is 0.368 e. The van der Waals surface area contributed by atoms with Gasteiger partial charge in [0.05, 0.1) is 0 Å². The van der Waals surface area contributed by atoms with Crippen LogP contribution in [0.5, 0.6) is 0 Å². The second-order valence-electron chi connectivity index (χ2n) is 5.79. The highest BCUT2D eigenvalue weighted by Crippen LogP contribution is 2.22. The zero-order valence-corrected chi connectivity index (χ0v) is 13.3. The minimum Gasteiger partial charge on any atom is -0.368 e. The minimum absolute atomic E-state index is 0.0419. The third kappa shape index (κ3) is 4.88. The van der Waals surface area contributed by atoms with Gasteiger partial charge in [-0.05, 0) is 29.9 Å². The van der Waals surface area contributed by atoms with Gasteiger partial charge in [-0.2, -0.15) is 0 Å². The van der Waals surface area contributed by atoms with Crippen LogP contribution in [0.2, 0.25) is 0 Å². The molecule has 3 N–H and O–H groups in total. The monoisotopic (exact) mass is 290 g/mol. The summed E-state index contributed by atoms with van der Waals surface area (Å²) in [6.45, 7) is 7.95. The molecule has 4 heteroatoms. The van der Waals surface area contributed by atoms with Crippen LogP contribution in [0.15, 0.2) is 24.3 Å². The molecular formula is C17H26N2O2. The lowest BCUT2D eigenvalue weighted by Gasteiger charge is -2.22. The number of hydrogen-bond donors (Lipinski definition) is 2. The molecular weight excluding hydrogens is 264 g/mol. The minimum atomic E-state index is -0.591. The van der Waals surface area contributed by atoms with E-state index < -0.39 is 11.9 Å². The Labute approximate surface area is 127 Å². The van der Waals surface area contributed by atoms with E-state index in [1.807, 2.05) is 52.0 Å². The van der Waals surface area contributed by atoms with Gasteiger partial charge >= 0.3 is 0 Å². The molecule has 3 atom stereocenters. The van der Waals surface area contributed by atoms with Crippen LogP contribution in [0.1, 0.15) is 50.7 Å². The van der Waals surface area contributed by atoms with Crippen LogP contribution in [0.3, 0.4) is 0 Å². The molecule has 0 aliphatic rings. The first-order valence-corrected chi connectivity index (χ1v) is 7.51. The van der Waals surface area contributed by atoms with E-state index in [1.165, 1.54) is 5.56 Å². The van der Waals surface area contributed by atoms with Crippen molar-refractivity contribution in [1.82, 2.24) is 5.32 Å². The number of aryl methyl sites for hydroxylation is 1. The van der Waals surface area contributed by atoms with Crippen LogP contribution in [-0.2, 0) is 9.59 Å². The fourth-order valence-corrected chi connectivity index (χ4v) is 2.49. The third-order valence-corrected chi connectivity index (χ3v) is 4.05. The van der Waals surface area contributed by atoms with Crippen LogP contribution in [0, 0.1) is 12.8 Å². The summed E-state index contributed by atoms with van der Waals surface area (Å²) < 4.78 is 0. The average molecular weight is 290 g/mol. The number of nitrogens with two attached hydrogens (primary N) is 1. The highest BCUT2D eigenvalue weighted by molar-refractivity contribution is 5.87. The summed E-state index contributed by atoms with van der Waals surface area (Å²) in [6.07, 6.45) is 1.15. The Bertz CT molecular complexity index is 499. The quantitative estimate of drug-likeness (QED) is 0.810. The molecule has 4 nitrogen and oxygen atoms in total. The number of primary amides is 1. The van der Waals surface area contributed by atoms with E-state index in [1.54, 1.807) is 0 Å². The molecule has 0 fully saturated rings. The zero-order valence-electron chi connectivity index (χ0n) is 13.3. The Morgan fingerprint density at radius 1 is 1.24 bits per heavy atom. The number of rotatable bonds is 7. The van der Waals surface area contributed by atoms with Crippen molar-refractivity contribution >= 4 is 11.8 Å². The van der Waals surface area contributed by atoms with Gasteiger partial charge in [0.2, 0.25) is 11.8 Å². The van der Waals surface area contributed by atoms with Crippen molar-refractivity contribution < 1.29 is 9.59 Å². The summed E-state index contributed by atoms with van der Waals surface area (Å²) in [5.74, 6) is -0.451. The van der Waals surface area contributed by atoms with Crippen molar-refractivity contribution in [1.29, 1.82) is 0 Å². The molecule has 0 bridgehead atoms. The van der Waals surface area contributed by atoms with Crippen LogP contribution in [0.4, 0.5) is 0 Å². The average Bonchev–Trinajstić information content (AvgIpc) is 2.44. The van der Waals surface area contributed by atoms with E-state index >= 15 is 0 Å². The topological polar surface area (TPSA) is 72.2 Å². The highest BCUT2D eigenvalue weighted by atomic mass is 16.2. The van der Waals surface area contributed by atoms with E-state index in [0.29, 0.717) is 6.42 Å². The smallest absolute Gasteiger partial charge is 0.240 e. The van der Waals surface area contributed by atoms with Gasteiger partial charge in [0, 0.05) is 6.42 Å². The number of nitrogens with one attached hydrogen (secondary N) is 1. The van der Waals surface area contributed by atoms with Crippen LogP contribution in [0.25, 0.3) is 0 Å². The van der Waals surface area contributed by atoms with Gasteiger partial charge in [0.25, 0.3) is 0 Å². The molecule has 0 heterocycles. The Balaban J connectivity index is 2.68. The molecule has 0 unspecified atom stereocenters. The SMILES string of the molecule is CC[C@H](C)[C@@H](NC(=O)C[C@@H](C)c1ccccc1C)C(N)=O. The maximum absolute atomic E-state index is 12.2. The standard InChI is InChI=1S/C17H26N2O2/c1-5-11(2)16(17(18)21)19-15(20)10-13(4)14-9-7-6-8-12(14)3/h6-9,11,13,16H,5,10H2,1-4H3,(H2,18,21)(H,19,20)/t11-,13+,16+/m0/s1. The van der Waals surface area contributed by atoms with E-state index in [4.69, 9.17) is 5.73 Å². The molecule has 0 aliphatic carbocycles. The summed E-state index contributed by atoms with van der Waals surface area (Å²) in [5, 5.41) is 2.77. The first kappa shape index (κ1) is 17.2. The molecule has 0 aromatic heterocycles. The van der Waals surface area contributed by atoms with E-state index in [0.717, 1.165) is 12.0 Å². The van der Waals surface area contributed by atoms with Gasteiger partial charge in [-0.15, -0.1) is 0 Å². The lowest BCUT2D eigenvalue weighted by Crippen LogP contribution is -2.48. The maximum atomic E-state index is 12.2. The van der Waals surface area contributed by atoms with E-state index in [2.05, 4.69) is 5.32 Å². The Morgan fingerprint density at radius 2 is 1.86 bits per heavy atom. The molecule has 116 valence electrons. The van der Waals surface area contributed by atoms with Crippen LogP contribution < -0.4 is 11.1 Å². The molecule has 1 aromatic carbocycles. The number of amides is 2. The number of benzene rings is 1. The highest BCUT2D eigenvalue weighted by Gasteiger charge is 2.24. The number of carbonyl (C=O) groups excluding carboxylic acids is 2. The fraction of sp³-hybridized carbons (Fsp3) is 0.529. The van der Waals surface area contributed by atoms with Crippen molar-refractivity contribution in [2.45, 2.75) is 52.5 Å². The van der Waals surface area contributed by atoms with Crippen LogP contribution in [-0.4, -0.2) is 17.9 Å². The molecule has 1 rings (SSSR count). The lowest BCUT2D eigenvalue weighted by atomic mass is 9.93. The fourth-order valence-electron chi connectivity index (χ4n) is 2.49. The first-order chi connectivity index (χ1) is 9.86.